The van der Waals surface area contributed by atoms with Gasteiger partial charge >= 0.3 is 0 Å². The van der Waals surface area contributed by atoms with Gasteiger partial charge in [-0.2, -0.15) is 0 Å². The van der Waals surface area contributed by atoms with E-state index in [2.05, 4.69) is 24.5 Å². The minimum Gasteiger partial charge on any atom is -0.352 e. The first kappa shape index (κ1) is 13.8. The molecule has 1 saturated carbocycles. The number of hydrogen-bond donors (Lipinski definition) is 2. The van der Waals surface area contributed by atoms with E-state index >= 15 is 0 Å². The number of amides is 1. The Morgan fingerprint density at radius 1 is 1.25 bits per heavy atom. The summed E-state index contributed by atoms with van der Waals surface area (Å²) in [6.45, 7) is 5.56. The van der Waals surface area contributed by atoms with Gasteiger partial charge in [0.25, 0.3) is 0 Å². The molecular weight excluding hydrogens is 224 g/mol. The predicted molar refractivity (Wildman–Crippen MR) is 67.8 cm³/mol. The Morgan fingerprint density at radius 3 is 2.44 bits per heavy atom. The van der Waals surface area contributed by atoms with Crippen molar-refractivity contribution in [3.8, 4) is 0 Å². The van der Waals surface area contributed by atoms with Crippen LogP contribution in [0.25, 0.3) is 0 Å². The quantitative estimate of drug-likeness (QED) is 0.779. The molecule has 0 aromatic heterocycles. The van der Waals surface area contributed by atoms with Crippen LogP contribution in [0.15, 0.2) is 0 Å². The molecule has 3 unspecified atom stereocenters. The zero-order chi connectivity index (χ0) is 10.8. The van der Waals surface area contributed by atoms with Crippen LogP contribution in [0, 0.1) is 11.8 Å². The van der Waals surface area contributed by atoms with Gasteiger partial charge in [-0.05, 0) is 44.1 Å². The normalized spacial score (nSPS) is 38.1. The van der Waals surface area contributed by atoms with Crippen LogP contribution in [0.2, 0.25) is 0 Å². The summed E-state index contributed by atoms with van der Waals surface area (Å²) < 4.78 is 0. The first-order chi connectivity index (χ1) is 7.16. The summed E-state index contributed by atoms with van der Waals surface area (Å²) in [5, 5.41) is 6.34. The molecule has 0 bridgehead atoms. The topological polar surface area (TPSA) is 41.1 Å². The van der Waals surface area contributed by atoms with Gasteiger partial charge in [-0.15, -0.1) is 12.4 Å². The van der Waals surface area contributed by atoms with Crippen molar-refractivity contribution < 1.29 is 4.79 Å². The van der Waals surface area contributed by atoms with Gasteiger partial charge in [0, 0.05) is 6.04 Å². The number of carbonyl (C=O) groups is 1. The van der Waals surface area contributed by atoms with E-state index in [1.54, 1.807) is 0 Å². The molecule has 2 N–H and O–H groups in total. The van der Waals surface area contributed by atoms with Crippen molar-refractivity contribution in [1.82, 2.24) is 10.6 Å². The molecule has 0 aromatic carbocycles. The molecule has 0 spiro atoms. The average Bonchev–Trinajstić information content (AvgIpc) is 2.07. The van der Waals surface area contributed by atoms with Gasteiger partial charge in [-0.25, -0.2) is 0 Å². The van der Waals surface area contributed by atoms with Crippen LogP contribution in [-0.2, 0) is 4.79 Å². The summed E-state index contributed by atoms with van der Waals surface area (Å²) in [4.78, 5) is 11.7. The van der Waals surface area contributed by atoms with Gasteiger partial charge in [0.15, 0.2) is 0 Å². The van der Waals surface area contributed by atoms with Crippen molar-refractivity contribution in [1.29, 1.82) is 0 Å². The van der Waals surface area contributed by atoms with Gasteiger partial charge in [-0.1, -0.05) is 13.8 Å². The molecule has 1 heterocycles. The first-order valence-electron chi connectivity index (χ1n) is 6.20. The Bertz CT molecular complexity index is 243. The molecule has 1 amide bonds. The molecular formula is C12H23ClN2O. The first-order valence-corrected chi connectivity index (χ1v) is 6.20. The van der Waals surface area contributed by atoms with Crippen LogP contribution in [0.5, 0.6) is 0 Å². The molecule has 16 heavy (non-hydrogen) atoms. The van der Waals surface area contributed by atoms with Crippen LogP contribution in [0.4, 0.5) is 0 Å². The van der Waals surface area contributed by atoms with E-state index < -0.39 is 0 Å². The SMILES string of the molecule is CC1CCC(NC(=O)[C@H]2CCN2)C(C)C1.Cl. The second-order valence-corrected chi connectivity index (χ2v) is 5.31. The number of rotatable bonds is 2. The zero-order valence-corrected chi connectivity index (χ0v) is 11.0. The number of halogens is 1. The summed E-state index contributed by atoms with van der Waals surface area (Å²) >= 11 is 0. The van der Waals surface area contributed by atoms with Gasteiger partial charge in [0.05, 0.1) is 6.04 Å². The molecule has 1 aliphatic carbocycles. The molecule has 4 heteroatoms. The second kappa shape index (κ2) is 5.87. The third kappa shape index (κ3) is 3.11. The maximum absolute atomic E-state index is 11.7. The molecule has 2 fully saturated rings. The van der Waals surface area contributed by atoms with Gasteiger partial charge in [0.1, 0.15) is 0 Å². The monoisotopic (exact) mass is 246 g/mol. The van der Waals surface area contributed by atoms with E-state index in [1.165, 1.54) is 12.8 Å². The number of nitrogens with one attached hydrogen (secondary N) is 2. The predicted octanol–water partition coefficient (Wildman–Crippen LogP) is 1.71. The van der Waals surface area contributed by atoms with E-state index in [9.17, 15) is 4.79 Å². The average molecular weight is 247 g/mol. The lowest BCUT2D eigenvalue weighted by atomic mass is 9.79. The molecule has 1 saturated heterocycles. The van der Waals surface area contributed by atoms with E-state index in [0.717, 1.165) is 25.3 Å². The van der Waals surface area contributed by atoms with E-state index in [0.29, 0.717) is 12.0 Å². The van der Waals surface area contributed by atoms with E-state index in [1.807, 2.05) is 0 Å². The van der Waals surface area contributed by atoms with Gasteiger partial charge < -0.3 is 10.6 Å². The fourth-order valence-corrected chi connectivity index (χ4v) is 2.68. The minimum absolute atomic E-state index is 0. The van der Waals surface area contributed by atoms with Crippen molar-refractivity contribution in [2.45, 2.75) is 51.6 Å². The molecule has 0 aromatic rings. The Labute approximate surface area is 104 Å². The fourth-order valence-electron chi connectivity index (χ4n) is 2.68. The van der Waals surface area contributed by atoms with Crippen molar-refractivity contribution >= 4 is 18.3 Å². The Balaban J connectivity index is 0.00000128. The maximum Gasteiger partial charge on any atom is 0.237 e. The fraction of sp³-hybridized carbons (Fsp3) is 0.917. The highest BCUT2D eigenvalue weighted by Crippen LogP contribution is 2.28. The summed E-state index contributed by atoms with van der Waals surface area (Å²) in [5.41, 5.74) is 0. The highest BCUT2D eigenvalue weighted by atomic mass is 35.5. The van der Waals surface area contributed by atoms with Gasteiger partial charge in [0.2, 0.25) is 5.91 Å². The van der Waals surface area contributed by atoms with Crippen molar-refractivity contribution in [2.24, 2.45) is 11.8 Å². The van der Waals surface area contributed by atoms with E-state index in [4.69, 9.17) is 0 Å². The van der Waals surface area contributed by atoms with Crippen LogP contribution >= 0.6 is 12.4 Å². The second-order valence-electron chi connectivity index (χ2n) is 5.31. The highest BCUT2D eigenvalue weighted by molar-refractivity contribution is 5.85. The zero-order valence-electron chi connectivity index (χ0n) is 10.2. The summed E-state index contributed by atoms with van der Waals surface area (Å²) in [6, 6.07) is 0.507. The molecule has 2 aliphatic rings. The Morgan fingerprint density at radius 2 is 1.94 bits per heavy atom. The third-order valence-corrected chi connectivity index (χ3v) is 3.90. The molecule has 0 radical (unpaired) electrons. The van der Waals surface area contributed by atoms with Gasteiger partial charge in [-0.3, -0.25) is 4.79 Å². The summed E-state index contributed by atoms with van der Waals surface area (Å²) in [7, 11) is 0. The molecule has 4 atom stereocenters. The van der Waals surface area contributed by atoms with Crippen LogP contribution in [0.3, 0.4) is 0 Å². The molecule has 1 aliphatic heterocycles. The van der Waals surface area contributed by atoms with Crippen molar-refractivity contribution in [3.63, 3.8) is 0 Å². The Kier molecular flexibility index (Phi) is 5.06. The van der Waals surface area contributed by atoms with Crippen molar-refractivity contribution in [2.75, 3.05) is 6.54 Å². The smallest absolute Gasteiger partial charge is 0.237 e. The summed E-state index contributed by atoms with van der Waals surface area (Å²) in [5.74, 6) is 1.68. The van der Waals surface area contributed by atoms with Crippen LogP contribution in [-0.4, -0.2) is 24.5 Å². The molecule has 2 rings (SSSR count). The van der Waals surface area contributed by atoms with Crippen LogP contribution in [0.1, 0.15) is 39.5 Å². The van der Waals surface area contributed by atoms with E-state index in [-0.39, 0.29) is 24.4 Å². The third-order valence-electron chi connectivity index (χ3n) is 3.90. The number of carbonyl (C=O) groups excluding carboxylic acids is 1. The standard InChI is InChI=1S/C12H22N2O.ClH/c1-8-3-4-10(9(2)7-8)14-12(15)11-5-6-13-11;/h8-11,13H,3-7H2,1-2H3,(H,14,15);1H/t8?,9?,10?,11-;/m1./s1. The minimum atomic E-state index is 0. The number of hydrogen-bond acceptors (Lipinski definition) is 2. The maximum atomic E-state index is 11.7. The lowest BCUT2D eigenvalue weighted by Gasteiger charge is -2.35. The van der Waals surface area contributed by atoms with Crippen LogP contribution < -0.4 is 10.6 Å². The highest BCUT2D eigenvalue weighted by Gasteiger charge is 2.30. The Hall–Kier alpha value is -0.280. The lowest BCUT2D eigenvalue weighted by Crippen LogP contribution is -2.56. The lowest BCUT2D eigenvalue weighted by molar-refractivity contribution is -0.126. The largest absolute Gasteiger partial charge is 0.352 e. The van der Waals surface area contributed by atoms with Crippen molar-refractivity contribution in [3.05, 3.63) is 0 Å². The molecule has 94 valence electrons. The molecule has 3 nitrogen and oxygen atoms in total. The summed E-state index contributed by atoms with van der Waals surface area (Å²) in [6.07, 6.45) is 4.67.